The molecule has 0 bridgehead atoms. The van der Waals surface area contributed by atoms with E-state index in [-0.39, 0.29) is 16.6 Å². The van der Waals surface area contributed by atoms with E-state index in [1.54, 1.807) is 29.3 Å². The number of nitrogens with one attached hydrogen (secondary N) is 1. The second kappa shape index (κ2) is 11.9. The van der Waals surface area contributed by atoms with Gasteiger partial charge in [-0.3, -0.25) is 0 Å². The number of nitrogens with zero attached hydrogens (tertiary/aromatic N) is 4. The number of benzene rings is 3. The Morgan fingerprint density at radius 3 is 2.45 bits per heavy atom. The van der Waals surface area contributed by atoms with Crippen LogP contribution in [0.3, 0.4) is 0 Å². The topological polar surface area (TPSA) is 82.0 Å². The normalized spacial score (nSPS) is 13.6. The van der Waals surface area contributed by atoms with Crippen LogP contribution in [0.15, 0.2) is 85.2 Å². The number of H-pyrrole nitrogens is 1. The van der Waals surface area contributed by atoms with E-state index in [0.717, 1.165) is 39.9 Å². The summed E-state index contributed by atoms with van der Waals surface area (Å²) in [6.45, 7) is 5.79. The molecule has 2 heterocycles. The first kappa shape index (κ1) is 27.4. The standard InChI is InChI=1S/C31H33ClN5O3/c1-4-37(3,31(38)40-26-9-6-5-7-10-26)30(29-22(2)27-21-24(32)13-16-28(27)35-29)23-11-14-25(15-12-23)39-20-8-19-36-33-17-18-34-36/h5-7,9-18,21,30,35H,4,8,19-20H2,1-3H3/q+1. The van der Waals surface area contributed by atoms with Gasteiger partial charge in [-0.2, -0.15) is 19.8 Å². The van der Waals surface area contributed by atoms with E-state index in [2.05, 4.69) is 22.1 Å². The van der Waals surface area contributed by atoms with E-state index in [9.17, 15) is 4.79 Å². The first-order chi connectivity index (χ1) is 19.4. The number of hydrogen-bond donors (Lipinski definition) is 1. The number of fused-ring (bicyclic) bond motifs is 1. The second-order valence-corrected chi connectivity index (χ2v) is 10.4. The van der Waals surface area contributed by atoms with Gasteiger partial charge in [-0.25, -0.2) is 4.48 Å². The molecule has 2 atom stereocenters. The molecular formula is C31H33ClN5O3+. The van der Waals surface area contributed by atoms with Gasteiger partial charge in [-0.1, -0.05) is 29.8 Å². The Morgan fingerprint density at radius 1 is 1.02 bits per heavy atom. The van der Waals surface area contributed by atoms with Crippen LogP contribution in [0, 0.1) is 6.92 Å². The zero-order valence-electron chi connectivity index (χ0n) is 22.9. The summed E-state index contributed by atoms with van der Waals surface area (Å²) < 4.78 is 11.9. The van der Waals surface area contributed by atoms with Crippen LogP contribution in [-0.2, 0) is 6.54 Å². The molecule has 0 fully saturated rings. The van der Waals surface area contributed by atoms with E-state index >= 15 is 0 Å². The van der Waals surface area contributed by atoms with Crippen molar-refractivity contribution in [2.45, 2.75) is 32.9 Å². The van der Waals surface area contributed by atoms with Crippen molar-refractivity contribution >= 4 is 28.6 Å². The zero-order valence-corrected chi connectivity index (χ0v) is 23.6. The van der Waals surface area contributed by atoms with Gasteiger partial charge in [0, 0.05) is 27.9 Å². The summed E-state index contributed by atoms with van der Waals surface area (Å²) in [6, 6.07) is 22.6. The van der Waals surface area contributed by atoms with Crippen molar-refractivity contribution < 1.29 is 18.8 Å². The first-order valence-corrected chi connectivity index (χ1v) is 13.7. The number of amides is 1. The number of ether oxygens (including phenoxy) is 2. The van der Waals surface area contributed by atoms with Crippen molar-refractivity contribution in [3.05, 3.63) is 107 Å². The van der Waals surface area contributed by atoms with Gasteiger partial charge in [0.15, 0.2) is 6.04 Å². The minimum absolute atomic E-state index is 0.00658. The molecule has 0 aliphatic rings. The number of halogens is 1. The molecule has 1 N–H and O–H groups in total. The maximum absolute atomic E-state index is 13.9. The van der Waals surface area contributed by atoms with Crippen LogP contribution in [-0.4, -0.2) is 50.8 Å². The number of aromatic amines is 1. The molecule has 0 saturated heterocycles. The van der Waals surface area contributed by atoms with E-state index in [1.165, 1.54) is 0 Å². The predicted octanol–water partition coefficient (Wildman–Crippen LogP) is 6.95. The largest absolute Gasteiger partial charge is 0.522 e. The van der Waals surface area contributed by atoms with Crippen LogP contribution in [0.4, 0.5) is 4.79 Å². The van der Waals surface area contributed by atoms with Crippen molar-refractivity contribution in [1.29, 1.82) is 0 Å². The minimum atomic E-state index is -0.368. The van der Waals surface area contributed by atoms with Gasteiger partial charge in [0.2, 0.25) is 0 Å². The highest BCUT2D eigenvalue weighted by atomic mass is 35.5. The maximum Gasteiger partial charge on any atom is 0.522 e. The molecule has 0 radical (unpaired) electrons. The highest BCUT2D eigenvalue weighted by Crippen LogP contribution is 2.39. The average molecular weight is 559 g/mol. The molecule has 3 aromatic carbocycles. The Morgan fingerprint density at radius 2 is 1.75 bits per heavy atom. The molecule has 9 heteroatoms. The van der Waals surface area contributed by atoms with Gasteiger partial charge in [0.1, 0.15) is 11.5 Å². The first-order valence-electron chi connectivity index (χ1n) is 13.4. The monoisotopic (exact) mass is 558 g/mol. The summed E-state index contributed by atoms with van der Waals surface area (Å²) in [7, 11) is 1.92. The fraction of sp³-hybridized carbons (Fsp3) is 0.258. The van der Waals surface area contributed by atoms with Gasteiger partial charge in [0.25, 0.3) is 0 Å². The van der Waals surface area contributed by atoms with Crippen LogP contribution in [0.5, 0.6) is 11.5 Å². The molecule has 5 rings (SSSR count). The lowest BCUT2D eigenvalue weighted by molar-refractivity contribution is -0.860. The lowest BCUT2D eigenvalue weighted by Crippen LogP contribution is -2.53. The van der Waals surface area contributed by atoms with E-state index in [1.807, 2.05) is 74.6 Å². The number of carbonyl (C=O) groups is 1. The highest BCUT2D eigenvalue weighted by Gasteiger charge is 2.45. The van der Waals surface area contributed by atoms with Crippen molar-refractivity contribution in [2.75, 3.05) is 20.2 Å². The minimum Gasteiger partial charge on any atom is -0.494 e. The average Bonchev–Trinajstić information content (AvgIpc) is 3.60. The molecule has 40 heavy (non-hydrogen) atoms. The Hall–Kier alpha value is -4.14. The van der Waals surface area contributed by atoms with Gasteiger partial charge >= 0.3 is 6.09 Å². The third-order valence-corrected chi connectivity index (χ3v) is 7.59. The van der Waals surface area contributed by atoms with Gasteiger partial charge in [0.05, 0.1) is 44.8 Å². The summed E-state index contributed by atoms with van der Waals surface area (Å²) >= 11 is 6.34. The highest BCUT2D eigenvalue weighted by molar-refractivity contribution is 6.31. The van der Waals surface area contributed by atoms with Crippen LogP contribution >= 0.6 is 11.6 Å². The lowest BCUT2D eigenvalue weighted by Gasteiger charge is -2.37. The molecule has 206 valence electrons. The smallest absolute Gasteiger partial charge is 0.494 e. The molecule has 2 aromatic heterocycles. The number of aromatic nitrogens is 4. The number of quaternary nitrogens is 1. The third-order valence-electron chi connectivity index (χ3n) is 7.36. The number of aryl methyl sites for hydroxylation is 2. The molecule has 8 nitrogen and oxygen atoms in total. The fourth-order valence-electron chi connectivity index (χ4n) is 4.99. The summed E-state index contributed by atoms with van der Waals surface area (Å²) in [5, 5.41) is 9.93. The van der Waals surface area contributed by atoms with Crippen LogP contribution in [0.2, 0.25) is 5.02 Å². The quantitative estimate of drug-likeness (QED) is 0.148. The summed E-state index contributed by atoms with van der Waals surface area (Å²) in [5.41, 5.74) is 3.91. The molecule has 0 spiro atoms. The Balaban J connectivity index is 1.47. The van der Waals surface area contributed by atoms with Crippen LogP contribution in [0.25, 0.3) is 10.9 Å². The Bertz CT molecular complexity index is 1570. The Labute approximate surface area is 238 Å². The van der Waals surface area contributed by atoms with Gasteiger partial charge in [-0.05, 0) is 74.0 Å². The summed E-state index contributed by atoms with van der Waals surface area (Å²) in [4.78, 5) is 19.1. The molecule has 2 unspecified atom stereocenters. The number of rotatable bonds is 10. The SMILES string of the molecule is CC[N+](C)(C(=O)Oc1ccccc1)C(c1ccc(OCCCn2nccn2)cc1)c1[nH]c2ccc(Cl)cc2c1C. The van der Waals surface area contributed by atoms with E-state index in [4.69, 9.17) is 21.1 Å². The lowest BCUT2D eigenvalue weighted by atomic mass is 9.96. The van der Waals surface area contributed by atoms with Crippen molar-refractivity contribution in [2.24, 2.45) is 0 Å². The zero-order chi connectivity index (χ0) is 28.1. The molecule has 1 amide bonds. The van der Waals surface area contributed by atoms with Gasteiger partial charge < -0.3 is 14.5 Å². The van der Waals surface area contributed by atoms with Gasteiger partial charge in [-0.15, -0.1) is 0 Å². The van der Waals surface area contributed by atoms with Crippen molar-refractivity contribution in [3.8, 4) is 11.5 Å². The summed E-state index contributed by atoms with van der Waals surface area (Å²) in [6.07, 6.45) is 3.77. The Kier molecular flexibility index (Phi) is 8.19. The maximum atomic E-state index is 13.9. The second-order valence-electron chi connectivity index (χ2n) is 9.92. The molecule has 0 saturated carbocycles. The predicted molar refractivity (Wildman–Crippen MR) is 156 cm³/mol. The molecule has 0 aliphatic heterocycles. The number of carbonyl (C=O) groups excluding carboxylic acids is 1. The third kappa shape index (κ3) is 5.73. The van der Waals surface area contributed by atoms with Crippen LogP contribution < -0.4 is 9.47 Å². The molecular weight excluding hydrogens is 526 g/mol. The van der Waals surface area contributed by atoms with Crippen molar-refractivity contribution in [3.63, 3.8) is 0 Å². The fourth-order valence-corrected chi connectivity index (χ4v) is 5.16. The van der Waals surface area contributed by atoms with Crippen molar-refractivity contribution in [1.82, 2.24) is 20.0 Å². The van der Waals surface area contributed by atoms with Crippen LogP contribution in [0.1, 0.15) is 36.2 Å². The number of hydrogen-bond acceptors (Lipinski definition) is 5. The molecule has 5 aromatic rings. The number of para-hydroxylation sites is 1. The molecule has 0 aliphatic carbocycles. The van der Waals surface area contributed by atoms with E-state index in [0.29, 0.717) is 30.5 Å². The summed E-state index contributed by atoms with van der Waals surface area (Å²) in [5.74, 6) is 1.27. The van der Waals surface area contributed by atoms with E-state index < -0.39 is 0 Å².